The smallest absolute Gasteiger partial charge is 0.262 e. The fourth-order valence-corrected chi connectivity index (χ4v) is 2.28. The summed E-state index contributed by atoms with van der Waals surface area (Å²) in [6, 6.07) is 21.3. The van der Waals surface area contributed by atoms with Gasteiger partial charge in [-0.1, -0.05) is 12.1 Å². The maximum absolute atomic E-state index is 12.1. The van der Waals surface area contributed by atoms with Crippen molar-refractivity contribution in [2.75, 3.05) is 11.9 Å². The summed E-state index contributed by atoms with van der Waals surface area (Å²) in [6.07, 6.45) is 1.71. The Morgan fingerprint density at radius 2 is 1.85 bits per heavy atom. The lowest BCUT2D eigenvalue weighted by molar-refractivity contribution is -0.118. The van der Waals surface area contributed by atoms with E-state index in [-0.39, 0.29) is 12.5 Å². The summed E-state index contributed by atoms with van der Waals surface area (Å²) < 4.78 is 11.1. The van der Waals surface area contributed by atoms with Crippen molar-refractivity contribution in [2.24, 2.45) is 0 Å². The van der Waals surface area contributed by atoms with Crippen LogP contribution in [0.4, 0.5) is 5.69 Å². The van der Waals surface area contributed by atoms with Gasteiger partial charge in [0.1, 0.15) is 18.1 Å². The first-order valence-corrected chi connectivity index (χ1v) is 8.28. The highest BCUT2D eigenvalue weighted by molar-refractivity contribution is 5.92. The Bertz CT molecular complexity index is 935. The second-order valence-electron chi connectivity index (χ2n) is 5.61. The molecular weight excluding hydrogens is 342 g/mol. The number of nitrogens with one attached hydrogen (secondary N) is 1. The van der Waals surface area contributed by atoms with Crippen LogP contribution in [0.3, 0.4) is 0 Å². The first-order chi connectivity index (χ1) is 13.2. The molecule has 6 heteroatoms. The number of ether oxygens (including phenoxy) is 2. The molecule has 0 fully saturated rings. The van der Waals surface area contributed by atoms with Crippen molar-refractivity contribution in [3.05, 3.63) is 84.2 Å². The number of hydrogen-bond acceptors (Lipinski definition) is 5. The molecule has 0 aliphatic carbocycles. The zero-order valence-electron chi connectivity index (χ0n) is 14.5. The molecule has 0 bridgehead atoms. The predicted molar refractivity (Wildman–Crippen MR) is 100 cm³/mol. The zero-order valence-corrected chi connectivity index (χ0v) is 14.5. The van der Waals surface area contributed by atoms with E-state index in [0.717, 1.165) is 5.69 Å². The van der Waals surface area contributed by atoms with E-state index in [0.29, 0.717) is 29.4 Å². The van der Waals surface area contributed by atoms with Crippen molar-refractivity contribution in [1.82, 2.24) is 4.98 Å². The summed E-state index contributed by atoms with van der Waals surface area (Å²) in [5.74, 6) is 0.865. The van der Waals surface area contributed by atoms with Crippen molar-refractivity contribution in [3.63, 3.8) is 0 Å². The first kappa shape index (κ1) is 18.0. The van der Waals surface area contributed by atoms with Gasteiger partial charge in [-0.15, -0.1) is 0 Å². The number of aromatic nitrogens is 1. The highest BCUT2D eigenvalue weighted by Gasteiger charge is 2.05. The Balaban J connectivity index is 1.50. The predicted octanol–water partition coefficient (Wildman–Crippen LogP) is 3.55. The lowest BCUT2D eigenvalue weighted by Gasteiger charge is -2.10. The van der Waals surface area contributed by atoms with E-state index in [2.05, 4.69) is 10.3 Å². The van der Waals surface area contributed by atoms with Gasteiger partial charge in [0.05, 0.1) is 17.3 Å². The molecule has 3 rings (SSSR count). The molecule has 0 saturated heterocycles. The van der Waals surface area contributed by atoms with Gasteiger partial charge in [0.15, 0.2) is 6.61 Å². The van der Waals surface area contributed by atoms with Crippen molar-refractivity contribution >= 4 is 11.6 Å². The number of carbonyl (C=O) groups is 1. The summed E-state index contributed by atoms with van der Waals surface area (Å²) in [4.78, 5) is 16.3. The van der Waals surface area contributed by atoms with Crippen LogP contribution in [0.5, 0.6) is 11.5 Å². The zero-order chi connectivity index (χ0) is 18.9. The molecule has 0 spiro atoms. The number of carbonyl (C=O) groups excluding carboxylic acids is 1. The van der Waals surface area contributed by atoms with Gasteiger partial charge in [0, 0.05) is 18.0 Å². The highest BCUT2D eigenvalue weighted by atomic mass is 16.5. The van der Waals surface area contributed by atoms with Crippen LogP contribution in [0.25, 0.3) is 0 Å². The lowest BCUT2D eigenvalue weighted by Crippen LogP contribution is -2.20. The molecular formula is C21H17N3O3. The average Bonchev–Trinajstić information content (AvgIpc) is 2.72. The van der Waals surface area contributed by atoms with E-state index < -0.39 is 0 Å². The molecule has 1 heterocycles. The van der Waals surface area contributed by atoms with E-state index in [9.17, 15) is 4.79 Å². The van der Waals surface area contributed by atoms with E-state index in [1.807, 2.05) is 30.3 Å². The van der Waals surface area contributed by atoms with Gasteiger partial charge >= 0.3 is 0 Å². The minimum atomic E-state index is -0.291. The second-order valence-corrected chi connectivity index (χ2v) is 5.61. The van der Waals surface area contributed by atoms with Gasteiger partial charge in [-0.3, -0.25) is 9.78 Å². The molecule has 134 valence electrons. The molecule has 27 heavy (non-hydrogen) atoms. The molecule has 0 saturated carbocycles. The van der Waals surface area contributed by atoms with Crippen molar-refractivity contribution in [3.8, 4) is 17.6 Å². The monoisotopic (exact) mass is 359 g/mol. The molecule has 1 N–H and O–H groups in total. The first-order valence-electron chi connectivity index (χ1n) is 8.28. The summed E-state index contributed by atoms with van der Waals surface area (Å²) in [5.41, 5.74) is 1.97. The fourth-order valence-electron chi connectivity index (χ4n) is 2.28. The number of rotatable bonds is 7. The standard InChI is InChI=1S/C21H17N3O3/c22-13-16-7-9-19(10-8-16)27-15-21(25)24-17-5-3-6-20(12-17)26-14-18-4-1-2-11-23-18/h1-12H,14-15H2,(H,24,25). The third-order valence-electron chi connectivity index (χ3n) is 3.58. The van der Waals surface area contributed by atoms with Gasteiger partial charge < -0.3 is 14.8 Å². The largest absolute Gasteiger partial charge is 0.487 e. The van der Waals surface area contributed by atoms with Crippen LogP contribution in [-0.4, -0.2) is 17.5 Å². The number of pyridine rings is 1. The molecule has 0 unspecified atom stereocenters. The van der Waals surface area contributed by atoms with Crippen LogP contribution in [0.15, 0.2) is 72.9 Å². The molecule has 0 atom stereocenters. The Morgan fingerprint density at radius 3 is 2.59 bits per heavy atom. The number of nitrogens with zero attached hydrogens (tertiary/aromatic N) is 2. The summed E-state index contributed by atoms with van der Waals surface area (Å²) >= 11 is 0. The number of anilines is 1. The fraction of sp³-hybridized carbons (Fsp3) is 0.0952. The molecule has 0 aliphatic heterocycles. The molecule has 3 aromatic rings. The maximum Gasteiger partial charge on any atom is 0.262 e. The van der Waals surface area contributed by atoms with E-state index >= 15 is 0 Å². The summed E-state index contributed by atoms with van der Waals surface area (Å²) in [6.45, 7) is 0.213. The minimum Gasteiger partial charge on any atom is -0.487 e. The van der Waals surface area contributed by atoms with Crippen LogP contribution in [0.1, 0.15) is 11.3 Å². The average molecular weight is 359 g/mol. The molecule has 2 aromatic carbocycles. The molecule has 0 radical (unpaired) electrons. The summed E-state index contributed by atoms with van der Waals surface area (Å²) in [5, 5.41) is 11.5. The van der Waals surface area contributed by atoms with Gasteiger partial charge in [-0.2, -0.15) is 5.26 Å². The Labute approximate surface area is 157 Å². The van der Waals surface area contributed by atoms with E-state index in [4.69, 9.17) is 14.7 Å². The molecule has 0 aliphatic rings. The van der Waals surface area contributed by atoms with Crippen LogP contribution < -0.4 is 14.8 Å². The van der Waals surface area contributed by atoms with Crippen molar-refractivity contribution < 1.29 is 14.3 Å². The number of hydrogen-bond donors (Lipinski definition) is 1. The van der Waals surface area contributed by atoms with Crippen LogP contribution in [0, 0.1) is 11.3 Å². The number of benzene rings is 2. The van der Waals surface area contributed by atoms with Gasteiger partial charge in [-0.05, 0) is 48.5 Å². The Morgan fingerprint density at radius 1 is 1.00 bits per heavy atom. The molecule has 1 aromatic heterocycles. The van der Waals surface area contributed by atoms with E-state index in [1.165, 1.54) is 0 Å². The maximum atomic E-state index is 12.1. The molecule has 1 amide bonds. The van der Waals surface area contributed by atoms with E-state index in [1.54, 1.807) is 48.7 Å². The van der Waals surface area contributed by atoms with Crippen LogP contribution >= 0.6 is 0 Å². The third-order valence-corrected chi connectivity index (χ3v) is 3.58. The van der Waals surface area contributed by atoms with Crippen molar-refractivity contribution in [2.45, 2.75) is 6.61 Å². The van der Waals surface area contributed by atoms with Crippen LogP contribution in [0.2, 0.25) is 0 Å². The van der Waals surface area contributed by atoms with Gasteiger partial charge in [-0.25, -0.2) is 0 Å². The Hall–Kier alpha value is -3.85. The number of nitriles is 1. The third kappa shape index (κ3) is 5.58. The van der Waals surface area contributed by atoms with Crippen LogP contribution in [-0.2, 0) is 11.4 Å². The highest BCUT2D eigenvalue weighted by Crippen LogP contribution is 2.18. The normalized spacial score (nSPS) is 9.89. The second kappa shape index (κ2) is 9.02. The number of amides is 1. The van der Waals surface area contributed by atoms with Crippen molar-refractivity contribution in [1.29, 1.82) is 5.26 Å². The SMILES string of the molecule is N#Cc1ccc(OCC(=O)Nc2cccc(OCc3ccccn3)c2)cc1. The van der Waals surface area contributed by atoms with Gasteiger partial charge in [0.25, 0.3) is 5.91 Å². The van der Waals surface area contributed by atoms with Gasteiger partial charge in [0.2, 0.25) is 0 Å². The quantitative estimate of drug-likeness (QED) is 0.697. The summed E-state index contributed by atoms with van der Waals surface area (Å²) in [7, 11) is 0. The topological polar surface area (TPSA) is 84.2 Å². The Kier molecular flexibility index (Phi) is 6.00. The lowest BCUT2D eigenvalue weighted by atomic mass is 10.2. The molecule has 6 nitrogen and oxygen atoms in total. The minimum absolute atomic E-state index is 0.134.